The Hall–Kier alpha value is -1.83. The summed E-state index contributed by atoms with van der Waals surface area (Å²) >= 11 is 8.85. The van der Waals surface area contributed by atoms with E-state index in [1.165, 1.54) is 33.6 Å². The number of esters is 1. The van der Waals surface area contributed by atoms with Crippen LogP contribution in [-0.4, -0.2) is 21.1 Å². The van der Waals surface area contributed by atoms with Gasteiger partial charge in [0, 0.05) is 28.4 Å². The van der Waals surface area contributed by atoms with Crippen molar-refractivity contribution >= 4 is 45.6 Å². The minimum atomic E-state index is -0.347. The van der Waals surface area contributed by atoms with Gasteiger partial charge >= 0.3 is 5.97 Å². The Bertz CT molecular complexity index is 923. The molecule has 0 saturated carbocycles. The van der Waals surface area contributed by atoms with Crippen molar-refractivity contribution in [1.29, 1.82) is 0 Å². The molecular formula is C16H13ClN2O3S2. The maximum atomic E-state index is 11.8. The van der Waals surface area contributed by atoms with E-state index in [1.807, 2.05) is 24.3 Å². The molecule has 0 amide bonds. The van der Waals surface area contributed by atoms with E-state index >= 15 is 0 Å². The van der Waals surface area contributed by atoms with Gasteiger partial charge < -0.3 is 4.74 Å². The van der Waals surface area contributed by atoms with Crippen molar-refractivity contribution in [1.82, 2.24) is 9.38 Å². The summed E-state index contributed by atoms with van der Waals surface area (Å²) in [5.74, 6) is 0.501. The summed E-state index contributed by atoms with van der Waals surface area (Å²) in [6.07, 6.45) is 1.66. The quantitative estimate of drug-likeness (QED) is 0.613. The van der Waals surface area contributed by atoms with Crippen LogP contribution in [0.5, 0.6) is 0 Å². The Balaban J connectivity index is 1.50. The smallest absolute Gasteiger partial charge is 0.316 e. The normalized spacial score (nSPS) is 10.9. The highest BCUT2D eigenvalue weighted by Gasteiger charge is 2.08. The van der Waals surface area contributed by atoms with Crippen LogP contribution in [0.25, 0.3) is 4.96 Å². The number of halogens is 1. The highest BCUT2D eigenvalue weighted by Crippen LogP contribution is 2.20. The SMILES string of the molecule is O=C(CSCc1ccccc1Cl)OCc1cc(=O)n2ccsc2n1. The van der Waals surface area contributed by atoms with Crippen LogP contribution in [0.4, 0.5) is 0 Å². The molecule has 0 atom stereocenters. The van der Waals surface area contributed by atoms with Crippen molar-refractivity contribution in [3.05, 3.63) is 68.5 Å². The van der Waals surface area contributed by atoms with Crippen LogP contribution in [0.2, 0.25) is 5.02 Å². The topological polar surface area (TPSA) is 60.7 Å². The molecule has 0 saturated heterocycles. The Labute approximate surface area is 151 Å². The Morgan fingerprint density at radius 2 is 2.21 bits per heavy atom. The fraction of sp³-hybridized carbons (Fsp3) is 0.188. The first-order chi connectivity index (χ1) is 11.6. The number of thiazole rings is 1. The van der Waals surface area contributed by atoms with E-state index < -0.39 is 0 Å². The molecule has 0 aliphatic heterocycles. The molecule has 1 aromatic carbocycles. The molecule has 8 heteroatoms. The maximum Gasteiger partial charge on any atom is 0.316 e. The lowest BCUT2D eigenvalue weighted by molar-refractivity contribution is -0.141. The molecule has 24 heavy (non-hydrogen) atoms. The summed E-state index contributed by atoms with van der Waals surface area (Å²) in [5.41, 5.74) is 1.25. The molecule has 0 fully saturated rings. The van der Waals surface area contributed by atoms with Gasteiger partial charge in [0.1, 0.15) is 6.61 Å². The average Bonchev–Trinajstić information content (AvgIpc) is 3.04. The van der Waals surface area contributed by atoms with E-state index in [-0.39, 0.29) is 23.9 Å². The molecule has 2 heterocycles. The lowest BCUT2D eigenvalue weighted by atomic mass is 10.2. The number of hydrogen-bond donors (Lipinski definition) is 0. The van der Waals surface area contributed by atoms with Crippen LogP contribution in [0, 0.1) is 0 Å². The second kappa shape index (κ2) is 7.83. The summed E-state index contributed by atoms with van der Waals surface area (Å²) < 4.78 is 6.63. The van der Waals surface area contributed by atoms with Crippen molar-refractivity contribution < 1.29 is 9.53 Å². The summed E-state index contributed by atoms with van der Waals surface area (Å²) in [6, 6.07) is 8.90. The number of carbonyl (C=O) groups excluding carboxylic acids is 1. The first-order valence-electron chi connectivity index (χ1n) is 7.06. The number of hydrogen-bond acceptors (Lipinski definition) is 6. The number of nitrogens with zero attached hydrogens (tertiary/aromatic N) is 2. The fourth-order valence-electron chi connectivity index (χ4n) is 2.02. The molecule has 5 nitrogen and oxygen atoms in total. The van der Waals surface area contributed by atoms with Gasteiger partial charge in [-0.2, -0.15) is 0 Å². The molecule has 0 radical (unpaired) electrons. The molecule has 3 aromatic rings. The number of carbonyl (C=O) groups is 1. The monoisotopic (exact) mass is 380 g/mol. The minimum absolute atomic E-state index is 0.00483. The lowest BCUT2D eigenvalue weighted by Crippen LogP contribution is -2.15. The standard InChI is InChI=1S/C16H13ClN2O3S2/c17-13-4-2-1-3-11(13)9-23-10-15(21)22-8-12-7-14(20)19-5-6-24-16(19)18-12/h1-7H,8-10H2. The highest BCUT2D eigenvalue weighted by atomic mass is 35.5. The molecular weight excluding hydrogens is 368 g/mol. The predicted octanol–water partition coefficient (Wildman–Crippen LogP) is 3.39. The second-order valence-corrected chi connectivity index (χ2v) is 7.15. The number of rotatable bonds is 6. The molecule has 0 aliphatic rings. The van der Waals surface area contributed by atoms with Crippen molar-refractivity contribution in [3.8, 4) is 0 Å². The molecule has 0 spiro atoms. The zero-order chi connectivity index (χ0) is 16.9. The maximum absolute atomic E-state index is 11.8. The van der Waals surface area contributed by atoms with Gasteiger partial charge in [0.2, 0.25) is 0 Å². The molecule has 0 aliphatic carbocycles. The van der Waals surface area contributed by atoms with E-state index in [0.717, 1.165) is 5.56 Å². The van der Waals surface area contributed by atoms with Crippen molar-refractivity contribution in [3.63, 3.8) is 0 Å². The van der Waals surface area contributed by atoms with E-state index in [0.29, 0.717) is 21.4 Å². The molecule has 0 bridgehead atoms. The van der Waals surface area contributed by atoms with Gasteiger partial charge in [-0.15, -0.1) is 23.1 Å². The third kappa shape index (κ3) is 4.17. The number of benzene rings is 1. The molecule has 3 rings (SSSR count). The second-order valence-electron chi connectivity index (χ2n) is 4.89. The van der Waals surface area contributed by atoms with Crippen molar-refractivity contribution in [2.75, 3.05) is 5.75 Å². The van der Waals surface area contributed by atoms with E-state index in [1.54, 1.807) is 11.6 Å². The van der Waals surface area contributed by atoms with Gasteiger partial charge in [-0.05, 0) is 11.6 Å². The molecule has 124 valence electrons. The Morgan fingerprint density at radius 3 is 3.04 bits per heavy atom. The Kier molecular flexibility index (Phi) is 5.55. The Morgan fingerprint density at radius 1 is 1.38 bits per heavy atom. The van der Waals surface area contributed by atoms with Gasteiger partial charge in [0.15, 0.2) is 4.96 Å². The van der Waals surface area contributed by atoms with E-state index in [2.05, 4.69) is 4.98 Å². The predicted molar refractivity (Wildman–Crippen MR) is 96.7 cm³/mol. The molecule has 0 unspecified atom stereocenters. The van der Waals surface area contributed by atoms with Gasteiger partial charge in [-0.1, -0.05) is 29.8 Å². The van der Waals surface area contributed by atoms with Crippen LogP contribution in [-0.2, 0) is 21.9 Å². The molecule has 0 N–H and O–H groups in total. The van der Waals surface area contributed by atoms with Crippen LogP contribution in [0.3, 0.4) is 0 Å². The van der Waals surface area contributed by atoms with Crippen LogP contribution in [0.15, 0.2) is 46.7 Å². The zero-order valence-electron chi connectivity index (χ0n) is 12.5. The van der Waals surface area contributed by atoms with Gasteiger partial charge in [0.05, 0.1) is 11.4 Å². The summed E-state index contributed by atoms with van der Waals surface area (Å²) in [4.78, 5) is 28.5. The van der Waals surface area contributed by atoms with E-state index in [4.69, 9.17) is 16.3 Å². The minimum Gasteiger partial charge on any atom is -0.459 e. The first-order valence-corrected chi connectivity index (χ1v) is 9.47. The molecule has 2 aromatic heterocycles. The zero-order valence-corrected chi connectivity index (χ0v) is 14.9. The average molecular weight is 381 g/mol. The van der Waals surface area contributed by atoms with Crippen molar-refractivity contribution in [2.24, 2.45) is 0 Å². The highest BCUT2D eigenvalue weighted by molar-refractivity contribution is 7.99. The third-order valence-electron chi connectivity index (χ3n) is 3.17. The van der Waals surface area contributed by atoms with Crippen LogP contribution in [0.1, 0.15) is 11.3 Å². The first kappa shape index (κ1) is 17.0. The number of ether oxygens (including phenoxy) is 1. The summed E-state index contributed by atoms with van der Waals surface area (Å²) in [6.45, 7) is -0.00483. The lowest BCUT2D eigenvalue weighted by Gasteiger charge is -2.05. The number of aromatic nitrogens is 2. The van der Waals surface area contributed by atoms with Gasteiger partial charge in [0.25, 0.3) is 5.56 Å². The number of fused-ring (bicyclic) bond motifs is 1. The van der Waals surface area contributed by atoms with Crippen LogP contribution < -0.4 is 5.56 Å². The van der Waals surface area contributed by atoms with Gasteiger partial charge in [-0.25, -0.2) is 4.98 Å². The third-order valence-corrected chi connectivity index (χ3v) is 5.25. The number of thioether (sulfide) groups is 1. The largest absolute Gasteiger partial charge is 0.459 e. The summed E-state index contributed by atoms with van der Waals surface area (Å²) in [5, 5.41) is 2.47. The van der Waals surface area contributed by atoms with Crippen molar-refractivity contribution in [2.45, 2.75) is 12.4 Å². The fourth-order valence-corrected chi connectivity index (χ4v) is 3.86. The van der Waals surface area contributed by atoms with E-state index in [9.17, 15) is 9.59 Å². The summed E-state index contributed by atoms with van der Waals surface area (Å²) in [7, 11) is 0. The van der Waals surface area contributed by atoms with Gasteiger partial charge in [-0.3, -0.25) is 14.0 Å². The van der Waals surface area contributed by atoms with Crippen LogP contribution >= 0.6 is 34.7 Å².